The Balaban J connectivity index is -0.0000000150. The van der Waals surface area contributed by atoms with Crippen LogP contribution in [0.25, 0.3) is 0 Å². The van der Waals surface area contributed by atoms with E-state index in [9.17, 15) is 0 Å². The first-order chi connectivity index (χ1) is 4.24. The van der Waals surface area contributed by atoms with Gasteiger partial charge in [0, 0.05) is 0 Å². The first kappa shape index (κ1) is 29.2. The fourth-order valence-corrected chi connectivity index (χ4v) is 0. The predicted octanol–water partition coefficient (Wildman–Crippen LogP) is -5.45. The molecule has 0 aromatic heterocycles. The predicted molar refractivity (Wildman–Crippen MR) is 25.1 cm³/mol. The summed E-state index contributed by atoms with van der Waals surface area (Å²) in [5, 5.41) is 0. The zero-order chi connectivity index (χ0) is 8.12. The molecule has 0 spiro atoms. The van der Waals surface area contributed by atoms with Crippen LogP contribution in [0, 0.1) is 0 Å². The summed E-state index contributed by atoms with van der Waals surface area (Å²) in [4.78, 5) is 0. The summed E-state index contributed by atoms with van der Waals surface area (Å²) in [5.41, 5.74) is 0. The number of rotatable bonds is 0. The normalized spacial score (nSPS) is 2.18. The van der Waals surface area contributed by atoms with Crippen LogP contribution in [0.1, 0.15) is 0 Å². The van der Waals surface area contributed by atoms with Crippen molar-refractivity contribution < 1.29 is 41.0 Å². The van der Waals surface area contributed by atoms with Crippen molar-refractivity contribution in [2.45, 2.75) is 0 Å². The van der Waals surface area contributed by atoms with Crippen LogP contribution >= 0.6 is 0 Å². The third kappa shape index (κ3) is 222. The molecule has 0 rings (SSSR count). The van der Waals surface area contributed by atoms with Crippen molar-refractivity contribution in [1.29, 1.82) is 0 Å². The molecule has 6 nitrogen and oxygen atoms in total. The second kappa shape index (κ2) is 54.7. The summed E-state index contributed by atoms with van der Waals surface area (Å²) >= 11 is -5.25. The van der Waals surface area contributed by atoms with Crippen molar-refractivity contribution in [2.24, 2.45) is 0 Å². The van der Waals surface area contributed by atoms with Gasteiger partial charge in [0.25, 0.3) is 0 Å². The van der Waals surface area contributed by atoms with E-state index >= 15 is 0 Å². The Morgan fingerprint density at radius 1 is 0.727 bits per heavy atom. The van der Waals surface area contributed by atoms with E-state index in [1.165, 1.54) is 0 Å². The maximum atomic E-state index is 8.46. The molecule has 0 N–H and O–H groups in total. The van der Waals surface area contributed by atoms with Gasteiger partial charge in [-0.15, -0.1) is 0 Å². The van der Waals surface area contributed by atoms with E-state index in [2.05, 4.69) is 0 Å². The molecular weight excluding hydrogens is 369 g/mol. The van der Waals surface area contributed by atoms with Crippen molar-refractivity contribution in [2.75, 3.05) is 0 Å². The van der Waals surface area contributed by atoms with E-state index in [1.807, 2.05) is 0 Å². The minimum atomic E-state index is -1.75. The molecule has 0 fully saturated rings. The van der Waals surface area contributed by atoms with Crippen LogP contribution in [-0.2, 0) is 28.5 Å². The van der Waals surface area contributed by atoms with E-state index in [1.54, 1.807) is 0 Å². The van der Waals surface area contributed by atoms with Gasteiger partial charge in [-0.3, -0.25) is 0 Å². The standard InChI is InChI=1S/3Al.Ba.Mn.6O/q;;;+2;+1;;;;3*-1. The van der Waals surface area contributed by atoms with E-state index in [0.29, 0.717) is 0 Å². The van der Waals surface area contributed by atoms with Gasteiger partial charge in [0.15, 0.2) is 0 Å². The molecule has 0 amide bonds. The third-order valence-corrected chi connectivity index (χ3v) is 0. The molecule has 0 radical (unpaired) electrons. The molecule has 0 atom stereocenters. The summed E-state index contributed by atoms with van der Waals surface area (Å²) in [6, 6.07) is 0. The first-order valence-electron chi connectivity index (χ1n) is 1.41. The van der Waals surface area contributed by atoms with Crippen molar-refractivity contribution in [1.82, 2.24) is 0 Å². The fraction of sp³-hybridized carbons (Fsp3) is 0. The Bertz CT molecular complexity index is 54.6. The van der Waals surface area contributed by atoms with E-state index in [4.69, 9.17) is 23.9 Å². The van der Waals surface area contributed by atoms with Gasteiger partial charge >= 0.3 is 136 Å². The Hall–Kier alpha value is 2.49. The van der Waals surface area contributed by atoms with Gasteiger partial charge in [-0.05, 0) is 0 Å². The maximum absolute atomic E-state index is 8.46. The van der Waals surface area contributed by atoms with Crippen LogP contribution in [0.2, 0.25) is 0 Å². The Morgan fingerprint density at radius 3 is 0.727 bits per heavy atom. The third-order valence-electron chi connectivity index (χ3n) is 0. The molecule has 11 heavy (non-hydrogen) atoms. The summed E-state index contributed by atoms with van der Waals surface area (Å²) in [6.07, 6.45) is 0. The summed E-state index contributed by atoms with van der Waals surface area (Å²) < 4.78 is 50.8. The molecule has 0 aliphatic carbocycles. The van der Waals surface area contributed by atoms with Gasteiger partial charge in [0.05, 0.1) is 0 Å². The molecule has 0 bridgehead atoms. The van der Waals surface area contributed by atoms with Crippen LogP contribution in [0.4, 0.5) is 0 Å². The van der Waals surface area contributed by atoms with Crippen LogP contribution in [0.15, 0.2) is 0 Å². The molecule has 0 saturated heterocycles. The van der Waals surface area contributed by atoms with Gasteiger partial charge in [-0.1, -0.05) is 0 Å². The topological polar surface area (TPSA) is 120 Å². The summed E-state index contributed by atoms with van der Waals surface area (Å²) in [7, 11) is 0. The summed E-state index contributed by atoms with van der Waals surface area (Å²) in [5.74, 6) is 0. The molecular formula is Al3BaMnO6. The van der Waals surface area contributed by atoms with Gasteiger partial charge in [-0.25, -0.2) is 0 Å². The monoisotopic (exact) mass is 370 g/mol. The second-order valence-corrected chi connectivity index (χ2v) is 0.866. The zero-order valence-corrected chi connectivity index (χ0v) is 14.4. The van der Waals surface area contributed by atoms with E-state index < -0.39 is 46.5 Å². The van der Waals surface area contributed by atoms with Gasteiger partial charge in [-0.2, -0.15) is 0 Å². The van der Waals surface area contributed by atoms with Crippen LogP contribution in [-0.4, -0.2) is 95.3 Å². The van der Waals surface area contributed by atoms with Crippen LogP contribution in [0.5, 0.6) is 0 Å². The van der Waals surface area contributed by atoms with Gasteiger partial charge in [0.1, 0.15) is 0 Å². The molecule has 54 valence electrons. The Morgan fingerprint density at radius 2 is 0.727 bits per heavy atom. The molecule has 0 aromatic rings. The second-order valence-electron chi connectivity index (χ2n) is 0.289. The Kier molecular flexibility index (Phi) is 145. The molecule has 11 heteroatoms. The quantitative estimate of drug-likeness (QED) is 0.393. The minimum absolute atomic E-state index is 0. The number of hydrogen-bond donors (Lipinski definition) is 0. The molecule has 0 unspecified atom stereocenters. The van der Waals surface area contributed by atoms with E-state index in [0.717, 1.165) is 0 Å². The van der Waals surface area contributed by atoms with Crippen molar-refractivity contribution in [3.05, 3.63) is 0 Å². The average molecular weight is 369 g/mol. The fourth-order valence-electron chi connectivity index (χ4n) is 0. The summed E-state index contributed by atoms with van der Waals surface area (Å²) in [6.45, 7) is 0. The molecule has 0 aromatic carbocycles. The van der Waals surface area contributed by atoms with Crippen LogP contribution < -0.4 is 12.5 Å². The first-order valence-corrected chi connectivity index (χ1v) is 4.24. The molecule has 0 aliphatic heterocycles. The van der Waals surface area contributed by atoms with Gasteiger partial charge in [0.2, 0.25) is 0 Å². The molecule has 0 aliphatic rings. The number of hydrogen-bond acceptors (Lipinski definition) is 6. The van der Waals surface area contributed by atoms with Crippen molar-refractivity contribution in [3.8, 4) is 0 Å². The SMILES string of the molecule is [Ba+2].[Mn+].[O]=[Al][O-].[O]=[Al][O-].[O]=[Al][O-]. The van der Waals surface area contributed by atoms with Gasteiger partial charge < -0.3 is 0 Å². The zero-order valence-electron chi connectivity index (χ0n) is 5.27. The Labute approximate surface area is 133 Å². The van der Waals surface area contributed by atoms with Crippen LogP contribution in [0.3, 0.4) is 0 Å². The van der Waals surface area contributed by atoms with Crippen molar-refractivity contribution in [3.63, 3.8) is 0 Å². The average Bonchev–Trinajstić information content (AvgIpc) is 1.70. The molecule has 0 saturated carbocycles. The van der Waals surface area contributed by atoms with Crippen molar-refractivity contribution >= 4 is 95.3 Å². The van der Waals surface area contributed by atoms with E-state index in [-0.39, 0.29) is 65.9 Å². The molecule has 0 heterocycles.